The number of H-pyrrole nitrogens is 1. The number of hydrogen-bond acceptors (Lipinski definition) is 6. The molecule has 120 valence electrons. The monoisotopic (exact) mass is 337 g/mol. The summed E-state index contributed by atoms with van der Waals surface area (Å²) in [5.74, 6) is 0.0602. The highest BCUT2D eigenvalue weighted by molar-refractivity contribution is 7.89. The fourth-order valence-corrected chi connectivity index (χ4v) is 5.13. The molecule has 0 aliphatic carbocycles. The maximum Gasteiger partial charge on any atom is 0.248 e. The summed E-state index contributed by atoms with van der Waals surface area (Å²) in [6.07, 6.45) is 1.69. The summed E-state index contributed by atoms with van der Waals surface area (Å²) >= 11 is 0. The quantitative estimate of drug-likeness (QED) is 0.711. The first-order valence-electron chi connectivity index (χ1n) is 6.56. The summed E-state index contributed by atoms with van der Waals surface area (Å²) in [7, 11) is -7.03. The highest BCUT2D eigenvalue weighted by Gasteiger charge is 2.34. The largest absolute Gasteiger partial charge is 0.383 e. The molecule has 1 aliphatic rings. The zero-order valence-electron chi connectivity index (χ0n) is 11.7. The number of nitrogens with zero attached hydrogens (tertiary/aromatic N) is 3. The molecule has 2 heterocycles. The van der Waals surface area contributed by atoms with Crippen molar-refractivity contribution in [1.29, 1.82) is 0 Å². The van der Waals surface area contributed by atoms with E-state index in [9.17, 15) is 16.8 Å². The SMILES string of the molecule is CCCS(=O)(=O)N1CCN(S(=O)(=O)c2cn[nH]c2N)CC1. The van der Waals surface area contributed by atoms with Gasteiger partial charge in [-0.25, -0.2) is 16.8 Å². The number of sulfonamides is 2. The van der Waals surface area contributed by atoms with Gasteiger partial charge in [-0.05, 0) is 6.42 Å². The van der Waals surface area contributed by atoms with Crippen LogP contribution in [-0.4, -0.2) is 67.6 Å². The van der Waals surface area contributed by atoms with Crippen LogP contribution < -0.4 is 5.73 Å². The average molecular weight is 337 g/mol. The Morgan fingerprint density at radius 1 is 1.19 bits per heavy atom. The zero-order chi connectivity index (χ0) is 15.7. The molecule has 2 rings (SSSR count). The molecule has 0 radical (unpaired) electrons. The molecule has 21 heavy (non-hydrogen) atoms. The normalized spacial score (nSPS) is 18.9. The van der Waals surface area contributed by atoms with E-state index in [1.54, 1.807) is 6.92 Å². The van der Waals surface area contributed by atoms with Crippen molar-refractivity contribution in [3.05, 3.63) is 6.20 Å². The van der Waals surface area contributed by atoms with Crippen molar-refractivity contribution < 1.29 is 16.8 Å². The lowest BCUT2D eigenvalue weighted by Crippen LogP contribution is -2.50. The number of aromatic amines is 1. The van der Waals surface area contributed by atoms with E-state index in [1.807, 2.05) is 0 Å². The van der Waals surface area contributed by atoms with E-state index in [0.29, 0.717) is 6.42 Å². The summed E-state index contributed by atoms with van der Waals surface area (Å²) < 4.78 is 51.2. The molecule has 11 heteroatoms. The summed E-state index contributed by atoms with van der Waals surface area (Å²) in [6, 6.07) is 0. The minimum absolute atomic E-state index is 0.0176. The highest BCUT2D eigenvalue weighted by atomic mass is 32.2. The van der Waals surface area contributed by atoms with Gasteiger partial charge < -0.3 is 5.73 Å². The van der Waals surface area contributed by atoms with Crippen LogP contribution in [0.4, 0.5) is 5.82 Å². The number of nitrogen functional groups attached to an aromatic ring is 1. The van der Waals surface area contributed by atoms with Crippen LogP contribution in [-0.2, 0) is 20.0 Å². The molecule has 3 N–H and O–H groups in total. The number of nitrogens with two attached hydrogens (primary N) is 1. The van der Waals surface area contributed by atoms with Crippen molar-refractivity contribution in [1.82, 2.24) is 18.8 Å². The van der Waals surface area contributed by atoms with Gasteiger partial charge in [-0.2, -0.15) is 13.7 Å². The van der Waals surface area contributed by atoms with Crippen molar-refractivity contribution in [3.63, 3.8) is 0 Å². The van der Waals surface area contributed by atoms with Crippen molar-refractivity contribution >= 4 is 25.9 Å². The van der Waals surface area contributed by atoms with Crippen LogP contribution in [0.15, 0.2) is 11.1 Å². The molecule has 0 spiro atoms. The molecule has 1 aliphatic heterocycles. The lowest BCUT2D eigenvalue weighted by Gasteiger charge is -2.33. The van der Waals surface area contributed by atoms with Crippen molar-refractivity contribution in [2.24, 2.45) is 0 Å². The summed E-state index contributed by atoms with van der Waals surface area (Å²) in [5.41, 5.74) is 5.54. The standard InChI is InChI=1S/C10H19N5O4S2/c1-2-7-20(16,17)14-3-5-15(6-4-14)21(18,19)9-8-12-13-10(9)11/h8H,2-7H2,1H3,(H3,11,12,13). The number of anilines is 1. The average Bonchev–Trinajstić information content (AvgIpc) is 2.86. The molecular weight excluding hydrogens is 318 g/mol. The molecule has 1 aromatic rings. The first-order valence-corrected chi connectivity index (χ1v) is 9.61. The van der Waals surface area contributed by atoms with Crippen LogP contribution in [0, 0.1) is 0 Å². The van der Waals surface area contributed by atoms with Crippen LogP contribution >= 0.6 is 0 Å². The molecule has 1 aromatic heterocycles. The molecule has 0 unspecified atom stereocenters. The Morgan fingerprint density at radius 3 is 2.24 bits per heavy atom. The zero-order valence-corrected chi connectivity index (χ0v) is 13.3. The van der Waals surface area contributed by atoms with E-state index in [-0.39, 0.29) is 42.6 Å². The smallest absolute Gasteiger partial charge is 0.248 e. The highest BCUT2D eigenvalue weighted by Crippen LogP contribution is 2.21. The van der Waals surface area contributed by atoms with Crippen molar-refractivity contribution in [2.45, 2.75) is 18.2 Å². The first-order chi connectivity index (χ1) is 9.79. The number of aromatic nitrogens is 2. The van der Waals surface area contributed by atoms with E-state index >= 15 is 0 Å². The summed E-state index contributed by atoms with van der Waals surface area (Å²) in [5, 5.41) is 5.98. The molecule has 1 fully saturated rings. The van der Waals surface area contributed by atoms with E-state index in [4.69, 9.17) is 5.73 Å². The van der Waals surface area contributed by atoms with Gasteiger partial charge in [0.25, 0.3) is 0 Å². The lowest BCUT2D eigenvalue weighted by molar-refractivity contribution is 0.273. The van der Waals surface area contributed by atoms with Gasteiger partial charge in [0.15, 0.2) is 0 Å². The Balaban J connectivity index is 2.10. The minimum atomic E-state index is -3.74. The van der Waals surface area contributed by atoms with Gasteiger partial charge in [0.2, 0.25) is 20.0 Å². The Kier molecular flexibility index (Phi) is 4.56. The molecule has 0 saturated carbocycles. The second kappa shape index (κ2) is 5.91. The van der Waals surface area contributed by atoms with Crippen LogP contribution in [0.1, 0.15) is 13.3 Å². The van der Waals surface area contributed by atoms with Gasteiger partial charge >= 0.3 is 0 Å². The maximum atomic E-state index is 12.4. The van der Waals surface area contributed by atoms with Crippen molar-refractivity contribution in [3.8, 4) is 0 Å². The Bertz CT molecular complexity index is 689. The molecule has 9 nitrogen and oxygen atoms in total. The van der Waals surface area contributed by atoms with E-state index in [0.717, 1.165) is 6.20 Å². The van der Waals surface area contributed by atoms with Gasteiger partial charge in [0.1, 0.15) is 10.7 Å². The third kappa shape index (κ3) is 3.20. The lowest BCUT2D eigenvalue weighted by atomic mass is 10.4. The number of rotatable bonds is 5. The Morgan fingerprint density at radius 2 is 1.76 bits per heavy atom. The molecule has 1 saturated heterocycles. The molecule has 0 atom stereocenters. The van der Waals surface area contributed by atoms with E-state index in [2.05, 4.69) is 10.2 Å². The van der Waals surface area contributed by atoms with Crippen LogP contribution in [0.5, 0.6) is 0 Å². The summed E-state index contributed by atoms with van der Waals surface area (Å²) in [4.78, 5) is -0.0765. The molecular formula is C10H19N5O4S2. The predicted molar refractivity (Wildman–Crippen MR) is 77.4 cm³/mol. The second-order valence-electron chi connectivity index (χ2n) is 4.77. The summed E-state index contributed by atoms with van der Waals surface area (Å²) in [6.45, 7) is 2.31. The third-order valence-corrected chi connectivity index (χ3v) is 7.31. The molecule has 0 aromatic carbocycles. The van der Waals surface area contributed by atoms with Crippen LogP contribution in [0.3, 0.4) is 0 Å². The fourth-order valence-electron chi connectivity index (χ4n) is 2.21. The van der Waals surface area contributed by atoms with E-state index in [1.165, 1.54) is 8.61 Å². The Labute approximate surface area is 124 Å². The second-order valence-corrected chi connectivity index (χ2v) is 8.76. The minimum Gasteiger partial charge on any atom is -0.383 e. The predicted octanol–water partition coefficient (Wildman–Crippen LogP) is -0.962. The number of piperazine rings is 1. The Hall–Kier alpha value is -1.17. The van der Waals surface area contributed by atoms with Crippen molar-refractivity contribution in [2.75, 3.05) is 37.7 Å². The number of nitrogens with one attached hydrogen (secondary N) is 1. The van der Waals surface area contributed by atoms with Gasteiger partial charge in [0.05, 0.1) is 11.9 Å². The van der Waals surface area contributed by atoms with Gasteiger partial charge in [-0.3, -0.25) is 5.10 Å². The van der Waals surface area contributed by atoms with Gasteiger partial charge in [-0.15, -0.1) is 0 Å². The third-order valence-electron chi connectivity index (χ3n) is 3.30. The first kappa shape index (κ1) is 16.2. The van der Waals surface area contributed by atoms with E-state index < -0.39 is 20.0 Å². The van der Waals surface area contributed by atoms with Crippen LogP contribution in [0.25, 0.3) is 0 Å². The fraction of sp³-hybridized carbons (Fsp3) is 0.700. The van der Waals surface area contributed by atoms with Gasteiger partial charge in [0, 0.05) is 26.2 Å². The topological polar surface area (TPSA) is 129 Å². The van der Waals surface area contributed by atoms with Crippen LogP contribution in [0.2, 0.25) is 0 Å². The van der Waals surface area contributed by atoms with Gasteiger partial charge in [-0.1, -0.05) is 6.92 Å². The molecule has 0 bridgehead atoms. The maximum absolute atomic E-state index is 12.4. The molecule has 0 amide bonds. The number of hydrogen-bond donors (Lipinski definition) is 2.